The van der Waals surface area contributed by atoms with Gasteiger partial charge in [0.2, 0.25) is 0 Å². The van der Waals surface area contributed by atoms with Crippen molar-refractivity contribution in [2.75, 3.05) is 61.7 Å². The Hall–Kier alpha value is 0.700. The van der Waals surface area contributed by atoms with Crippen molar-refractivity contribution >= 4 is 27.1 Å². The van der Waals surface area contributed by atoms with E-state index in [0.717, 1.165) is 52.4 Å². The molecule has 46 heavy (non-hydrogen) atoms. The van der Waals surface area contributed by atoms with E-state index in [1.807, 2.05) is 0 Å². The molecular weight excluding hydrogens is 640 g/mol. The summed E-state index contributed by atoms with van der Waals surface area (Å²) < 4.78 is 6.47. The topological polar surface area (TPSA) is 19.4 Å². The lowest BCUT2D eigenvalue weighted by Gasteiger charge is -2.51. The highest BCUT2D eigenvalue weighted by Crippen LogP contribution is 2.87. The van der Waals surface area contributed by atoms with E-state index in [4.69, 9.17) is 0 Å². The SMILES string of the molecule is CCN(CC)C(N(CC)CC)=[p+]1p(N2C(C)(C)CCCC2(C)C)[p+](=C(N(CC)CC)N(CC)CC)p1N1C(C)(C)CCCC1(C)C. The zero-order valence-corrected chi connectivity index (χ0v) is 36.9. The van der Waals surface area contributed by atoms with Crippen LogP contribution in [0.15, 0.2) is 0 Å². The number of hydrogen-bond donors (Lipinski definition) is 0. The molecule has 1 aromatic rings. The number of rotatable bonds is 14. The molecule has 6 nitrogen and oxygen atoms in total. The summed E-state index contributed by atoms with van der Waals surface area (Å²) in [6.07, 6.45) is 7.97. The Morgan fingerprint density at radius 2 is 0.630 bits per heavy atom. The second kappa shape index (κ2) is 16.4. The van der Waals surface area contributed by atoms with Crippen LogP contribution in [0, 0.1) is 11.1 Å². The molecule has 0 saturated carbocycles. The summed E-state index contributed by atoms with van der Waals surface area (Å²) in [6, 6.07) is 0. The van der Waals surface area contributed by atoms with Gasteiger partial charge in [0.1, 0.15) is 0 Å². The van der Waals surface area contributed by atoms with E-state index in [0.29, 0.717) is 0 Å². The monoisotopic (exact) mass is 717 g/mol. The summed E-state index contributed by atoms with van der Waals surface area (Å²) in [5, 5.41) is 0. The Balaban J connectivity index is 2.89. The van der Waals surface area contributed by atoms with Crippen molar-refractivity contribution in [3.8, 4) is 0 Å². The average molecular weight is 717 g/mol. The second-order valence-corrected chi connectivity index (χ2v) is 32.9. The van der Waals surface area contributed by atoms with E-state index in [1.165, 1.54) is 38.5 Å². The maximum absolute atomic E-state index is 3.24. The minimum atomic E-state index is -0.411. The molecule has 2 aliphatic heterocycles. The van der Waals surface area contributed by atoms with E-state index in [9.17, 15) is 0 Å². The van der Waals surface area contributed by atoms with Crippen LogP contribution in [0.4, 0.5) is 0 Å². The Morgan fingerprint density at radius 3 is 0.804 bits per heavy atom. The Labute approximate surface area is 290 Å². The van der Waals surface area contributed by atoms with E-state index >= 15 is 0 Å². The molecule has 0 atom stereocenters. The fourth-order valence-electron chi connectivity index (χ4n) is 8.80. The number of hydrogen-bond acceptors (Lipinski definition) is 6. The lowest BCUT2D eigenvalue weighted by molar-refractivity contribution is 0.212. The normalized spacial score (nSPS) is 23.2. The lowest BCUT2D eigenvalue weighted by atomic mass is 9.83. The predicted molar refractivity (Wildman–Crippen MR) is 216 cm³/mol. The molecule has 2 aliphatic rings. The summed E-state index contributed by atoms with van der Waals surface area (Å²) >= 11 is 0. The van der Waals surface area contributed by atoms with Crippen molar-refractivity contribution in [3.05, 3.63) is 11.1 Å². The second-order valence-electron chi connectivity index (χ2n) is 16.0. The third kappa shape index (κ3) is 7.79. The highest BCUT2D eigenvalue weighted by Gasteiger charge is 2.62. The van der Waals surface area contributed by atoms with Gasteiger partial charge in [-0.05, 0) is 93.9 Å². The van der Waals surface area contributed by atoms with Gasteiger partial charge in [-0.2, -0.15) is 9.34 Å². The molecule has 10 heteroatoms. The van der Waals surface area contributed by atoms with E-state index in [-0.39, 0.29) is 22.2 Å². The van der Waals surface area contributed by atoms with Crippen LogP contribution in [0.2, 0.25) is 0 Å². The summed E-state index contributed by atoms with van der Waals surface area (Å²) in [4.78, 5) is 11.3. The van der Waals surface area contributed by atoms with Crippen LogP contribution < -0.4 is 9.34 Å². The molecule has 0 aromatic carbocycles. The van der Waals surface area contributed by atoms with E-state index in [2.05, 4.69) is 140 Å². The number of nitrogens with zero attached hydrogens (tertiary/aromatic N) is 6. The molecule has 0 aliphatic carbocycles. The van der Waals surface area contributed by atoms with Gasteiger partial charge in [-0.1, -0.05) is 55.4 Å². The molecule has 0 bridgehead atoms. The first-order valence-corrected chi connectivity index (χ1v) is 27.1. The average Bonchev–Trinajstić information content (AvgIpc) is 2.96. The van der Waals surface area contributed by atoms with Gasteiger partial charge < -0.3 is 0 Å². The van der Waals surface area contributed by atoms with Crippen LogP contribution in [-0.4, -0.2) is 94.1 Å². The van der Waals surface area contributed by atoms with Crippen LogP contribution in [0.3, 0.4) is 0 Å². The molecule has 1 aromatic heterocycles. The van der Waals surface area contributed by atoms with E-state index in [1.54, 1.807) is 11.1 Å². The molecule has 268 valence electrons. The van der Waals surface area contributed by atoms with Gasteiger partial charge in [-0.3, -0.25) is 0 Å². The number of piperidine rings is 2. The van der Waals surface area contributed by atoms with E-state index < -0.39 is 27.1 Å². The molecule has 3 heterocycles. The largest absolute Gasteiger partial charge is 0.361 e. The lowest BCUT2D eigenvalue weighted by Crippen LogP contribution is -2.58. The fourth-order valence-corrected chi connectivity index (χ4v) is 50.6. The van der Waals surface area contributed by atoms with Gasteiger partial charge in [0, 0.05) is 74.5 Å². The summed E-state index contributed by atoms with van der Waals surface area (Å²) in [6.45, 7) is 48.3. The van der Waals surface area contributed by atoms with Gasteiger partial charge in [0.15, 0.2) is 0 Å². The van der Waals surface area contributed by atoms with Gasteiger partial charge in [0.25, 0.3) is 11.1 Å². The highest BCUT2D eigenvalue weighted by atomic mass is 32.6. The summed E-state index contributed by atoms with van der Waals surface area (Å²) in [5.41, 5.74) is 4.34. The minimum absolute atomic E-state index is 0.207. The summed E-state index contributed by atoms with van der Waals surface area (Å²) in [5.74, 6) is 0. The maximum Gasteiger partial charge on any atom is 0.361 e. The minimum Gasteiger partial charge on any atom is -0.228 e. The van der Waals surface area contributed by atoms with Crippen molar-refractivity contribution in [3.63, 3.8) is 0 Å². The molecule has 2 saturated heterocycles. The third-order valence-electron chi connectivity index (χ3n) is 11.0. The first kappa shape index (κ1) is 41.1. The first-order chi connectivity index (χ1) is 21.5. The smallest absolute Gasteiger partial charge is 0.228 e. The first-order valence-electron chi connectivity index (χ1n) is 19.0. The standard InChI is InChI=1S/C36H76N6P4/c1-17-37(18-2)31(38(19-3)20-4)43-45(41-33(9,10)27-25-28-34(41,11)12)44(32(39(21-5)22-6)40(23-7)24-8)46(43)42-35(13,14)29-26-30-36(42,15)16/h17-30H2,1-16H3/q+2. The van der Waals surface area contributed by atoms with Crippen LogP contribution in [0.5, 0.6) is 0 Å². The van der Waals surface area contributed by atoms with Crippen LogP contribution in [0.1, 0.15) is 149 Å². The zero-order chi connectivity index (χ0) is 34.8. The third-order valence-corrected chi connectivity index (χ3v) is 43.1. The molecule has 0 N–H and O–H groups in total. The molecule has 2 fully saturated rings. The van der Waals surface area contributed by atoms with Gasteiger partial charge in [0.05, 0.1) is 0 Å². The Bertz CT molecular complexity index is 1070. The zero-order valence-electron chi connectivity index (χ0n) is 33.4. The quantitative estimate of drug-likeness (QED) is 0.190. The van der Waals surface area contributed by atoms with Crippen molar-refractivity contribution in [1.82, 2.24) is 19.6 Å². The highest BCUT2D eigenvalue weighted by molar-refractivity contribution is 8.70. The van der Waals surface area contributed by atoms with Crippen molar-refractivity contribution in [2.24, 2.45) is 0 Å². The van der Waals surface area contributed by atoms with Crippen LogP contribution in [-0.2, 0) is 0 Å². The fraction of sp³-hybridized carbons (Fsp3) is 0.944. The molecule has 0 amide bonds. The Kier molecular flexibility index (Phi) is 14.6. The molecule has 0 unspecified atom stereocenters. The molecule has 0 spiro atoms. The molecule has 3 rings (SSSR count). The van der Waals surface area contributed by atoms with Crippen molar-refractivity contribution in [2.45, 2.75) is 171 Å². The van der Waals surface area contributed by atoms with Crippen LogP contribution >= 0.6 is 27.1 Å². The Morgan fingerprint density at radius 1 is 0.435 bits per heavy atom. The van der Waals surface area contributed by atoms with Crippen molar-refractivity contribution < 1.29 is 0 Å². The predicted octanol–water partition coefficient (Wildman–Crippen LogP) is 11.5. The molecule has 0 radical (unpaired) electrons. The van der Waals surface area contributed by atoms with Gasteiger partial charge in [-0.15, -0.1) is 0 Å². The molecular formula is C36H76N6P4+2. The van der Waals surface area contributed by atoms with Crippen LogP contribution in [0.25, 0.3) is 0 Å². The van der Waals surface area contributed by atoms with Gasteiger partial charge >= 0.3 is 27.1 Å². The van der Waals surface area contributed by atoms with Crippen molar-refractivity contribution in [1.29, 1.82) is 0 Å². The maximum atomic E-state index is 3.24. The van der Waals surface area contributed by atoms with Gasteiger partial charge in [-0.25, -0.2) is 19.6 Å². The summed E-state index contributed by atoms with van der Waals surface area (Å²) in [7, 11) is -0.821.